The van der Waals surface area contributed by atoms with Crippen molar-refractivity contribution < 1.29 is 14.3 Å². The Labute approximate surface area is 201 Å². The summed E-state index contributed by atoms with van der Waals surface area (Å²) in [5.41, 5.74) is 1.94. The molecule has 1 heterocycles. The van der Waals surface area contributed by atoms with Crippen molar-refractivity contribution in [2.45, 2.75) is 18.1 Å². The van der Waals surface area contributed by atoms with Crippen LogP contribution in [0.4, 0.5) is 0 Å². The Balaban J connectivity index is 1.67. The summed E-state index contributed by atoms with van der Waals surface area (Å²) in [5.74, 6) is 1.000. The second-order valence-corrected chi connectivity index (χ2v) is 8.52. The molecule has 1 aromatic heterocycles. The second-order valence-electron chi connectivity index (χ2n) is 7.58. The number of hydrogen-bond acceptors (Lipinski definition) is 6. The summed E-state index contributed by atoms with van der Waals surface area (Å²) in [6.07, 6.45) is 0. The van der Waals surface area contributed by atoms with Crippen molar-refractivity contribution in [3.05, 3.63) is 88.7 Å². The molecule has 1 amide bonds. The predicted molar refractivity (Wildman–Crippen MR) is 134 cm³/mol. The van der Waals surface area contributed by atoms with Crippen LogP contribution in [0, 0.1) is 0 Å². The van der Waals surface area contributed by atoms with Gasteiger partial charge in [0.1, 0.15) is 0 Å². The number of carbonyl (C=O) groups excluding carboxylic acids is 1. The van der Waals surface area contributed by atoms with E-state index in [1.54, 1.807) is 43.5 Å². The fourth-order valence-electron chi connectivity index (χ4n) is 3.64. The molecule has 0 bridgehead atoms. The zero-order chi connectivity index (χ0) is 24.1. The molecule has 4 rings (SSSR count). The van der Waals surface area contributed by atoms with Crippen LogP contribution in [0.3, 0.4) is 0 Å². The molecule has 0 saturated heterocycles. The Morgan fingerprint density at radius 2 is 1.71 bits per heavy atom. The highest BCUT2D eigenvalue weighted by atomic mass is 32.2. The topological polar surface area (TPSA) is 82.5 Å². The minimum atomic E-state index is -0.224. The van der Waals surface area contributed by atoms with Crippen molar-refractivity contribution in [3.8, 4) is 17.2 Å². The third-order valence-electron chi connectivity index (χ3n) is 5.38. The standard InChI is InChI=1S/C26H25N3O4S/c1-17(18-9-5-4-6-10-18)27-24(30)16-34-26-28-21-12-8-7-11-20(21)25(31)29(26)19-13-14-22(32-2)23(15-19)33-3/h4-15,17H,16H2,1-3H3,(H,27,30)/t17-/m0/s1. The quantitative estimate of drug-likeness (QED) is 0.301. The first kappa shape index (κ1) is 23.4. The van der Waals surface area contributed by atoms with Crippen LogP contribution in [0.15, 0.2) is 82.7 Å². The van der Waals surface area contributed by atoms with E-state index in [2.05, 4.69) is 5.32 Å². The summed E-state index contributed by atoms with van der Waals surface area (Å²) in [6, 6.07) is 22.0. The lowest BCUT2D eigenvalue weighted by atomic mass is 10.1. The maximum absolute atomic E-state index is 13.4. The SMILES string of the molecule is COc1ccc(-n2c(SCC(=O)N[C@@H](C)c3ccccc3)nc3ccccc3c2=O)cc1OC. The summed E-state index contributed by atoms with van der Waals surface area (Å²) >= 11 is 1.21. The summed E-state index contributed by atoms with van der Waals surface area (Å²) in [7, 11) is 3.09. The Morgan fingerprint density at radius 3 is 2.44 bits per heavy atom. The number of thioether (sulfide) groups is 1. The van der Waals surface area contributed by atoms with E-state index >= 15 is 0 Å². The van der Waals surface area contributed by atoms with Crippen LogP contribution in [0.25, 0.3) is 16.6 Å². The molecule has 0 radical (unpaired) electrons. The van der Waals surface area contributed by atoms with Crippen LogP contribution in [0.5, 0.6) is 11.5 Å². The van der Waals surface area contributed by atoms with Gasteiger partial charge in [-0.3, -0.25) is 14.2 Å². The van der Waals surface area contributed by atoms with Gasteiger partial charge < -0.3 is 14.8 Å². The van der Waals surface area contributed by atoms with Crippen molar-refractivity contribution >= 4 is 28.6 Å². The number of hydrogen-bond donors (Lipinski definition) is 1. The molecular weight excluding hydrogens is 450 g/mol. The van der Waals surface area contributed by atoms with Crippen molar-refractivity contribution in [2.75, 3.05) is 20.0 Å². The highest BCUT2D eigenvalue weighted by Crippen LogP contribution is 2.30. The number of aromatic nitrogens is 2. The number of benzene rings is 3. The number of fused-ring (bicyclic) bond motifs is 1. The van der Waals surface area contributed by atoms with E-state index in [4.69, 9.17) is 14.5 Å². The molecule has 0 saturated carbocycles. The van der Waals surface area contributed by atoms with E-state index in [-0.39, 0.29) is 23.3 Å². The van der Waals surface area contributed by atoms with Gasteiger partial charge in [0.05, 0.1) is 42.6 Å². The lowest BCUT2D eigenvalue weighted by molar-refractivity contribution is -0.119. The lowest BCUT2D eigenvalue weighted by Gasteiger charge is -2.16. The summed E-state index contributed by atoms with van der Waals surface area (Å²) in [6.45, 7) is 1.94. The van der Waals surface area contributed by atoms with Crippen LogP contribution in [-0.2, 0) is 4.79 Å². The van der Waals surface area contributed by atoms with Crippen molar-refractivity contribution in [1.82, 2.24) is 14.9 Å². The Hall–Kier alpha value is -3.78. The van der Waals surface area contributed by atoms with E-state index in [1.165, 1.54) is 23.4 Å². The second kappa shape index (κ2) is 10.4. The molecule has 34 heavy (non-hydrogen) atoms. The van der Waals surface area contributed by atoms with Gasteiger partial charge in [0.2, 0.25) is 5.91 Å². The largest absolute Gasteiger partial charge is 0.493 e. The van der Waals surface area contributed by atoms with Crippen LogP contribution in [0.1, 0.15) is 18.5 Å². The van der Waals surface area contributed by atoms with Gasteiger partial charge in [-0.15, -0.1) is 0 Å². The molecule has 7 nitrogen and oxygen atoms in total. The van der Waals surface area contributed by atoms with E-state index in [0.717, 1.165) is 5.56 Å². The zero-order valence-electron chi connectivity index (χ0n) is 19.1. The first-order valence-electron chi connectivity index (χ1n) is 10.7. The Kier molecular flexibility index (Phi) is 7.18. The molecule has 1 atom stereocenters. The van der Waals surface area contributed by atoms with Crippen LogP contribution >= 0.6 is 11.8 Å². The summed E-state index contributed by atoms with van der Waals surface area (Å²) in [4.78, 5) is 30.8. The number of rotatable bonds is 8. The average Bonchev–Trinajstić information content (AvgIpc) is 2.87. The first-order chi connectivity index (χ1) is 16.5. The van der Waals surface area contributed by atoms with Gasteiger partial charge in [-0.2, -0.15) is 0 Å². The lowest BCUT2D eigenvalue weighted by Crippen LogP contribution is -2.29. The summed E-state index contributed by atoms with van der Waals surface area (Å²) in [5, 5.41) is 3.90. The van der Waals surface area contributed by atoms with Gasteiger partial charge in [0.15, 0.2) is 16.7 Å². The molecule has 0 fully saturated rings. The van der Waals surface area contributed by atoms with Crippen molar-refractivity contribution in [2.24, 2.45) is 0 Å². The average molecular weight is 476 g/mol. The zero-order valence-corrected chi connectivity index (χ0v) is 20.0. The minimum Gasteiger partial charge on any atom is -0.493 e. The van der Waals surface area contributed by atoms with Gasteiger partial charge in [-0.1, -0.05) is 54.2 Å². The number of amides is 1. The maximum atomic E-state index is 13.4. The normalized spacial score (nSPS) is 11.7. The summed E-state index contributed by atoms with van der Waals surface area (Å²) < 4.78 is 12.2. The maximum Gasteiger partial charge on any atom is 0.266 e. The first-order valence-corrected chi connectivity index (χ1v) is 11.7. The van der Waals surface area contributed by atoms with Gasteiger partial charge >= 0.3 is 0 Å². The highest BCUT2D eigenvalue weighted by Gasteiger charge is 2.17. The van der Waals surface area contributed by atoms with Gasteiger partial charge in [0, 0.05) is 6.07 Å². The third-order valence-corrected chi connectivity index (χ3v) is 6.32. The van der Waals surface area contributed by atoms with Crippen LogP contribution in [0.2, 0.25) is 0 Å². The van der Waals surface area contributed by atoms with Crippen molar-refractivity contribution in [3.63, 3.8) is 0 Å². The number of ether oxygens (including phenoxy) is 2. The number of carbonyl (C=O) groups is 1. The molecule has 8 heteroatoms. The Morgan fingerprint density at radius 1 is 1.00 bits per heavy atom. The van der Waals surface area contributed by atoms with E-state index < -0.39 is 0 Å². The van der Waals surface area contributed by atoms with Gasteiger partial charge in [0.25, 0.3) is 5.56 Å². The number of methoxy groups -OCH3 is 2. The smallest absolute Gasteiger partial charge is 0.266 e. The molecular formula is C26H25N3O4S. The van der Waals surface area contributed by atoms with E-state index in [1.807, 2.05) is 43.3 Å². The highest BCUT2D eigenvalue weighted by molar-refractivity contribution is 7.99. The third kappa shape index (κ3) is 4.92. The molecule has 1 N–H and O–H groups in total. The Bertz CT molecular complexity index is 1370. The molecule has 0 spiro atoms. The minimum absolute atomic E-state index is 0.106. The van der Waals surface area contributed by atoms with Crippen molar-refractivity contribution in [1.29, 1.82) is 0 Å². The molecule has 174 valence electrons. The number of nitrogens with zero attached hydrogens (tertiary/aromatic N) is 2. The van der Waals surface area contributed by atoms with Crippen LogP contribution < -0.4 is 20.3 Å². The van der Waals surface area contributed by atoms with Gasteiger partial charge in [-0.25, -0.2) is 4.98 Å². The molecule has 3 aromatic carbocycles. The monoisotopic (exact) mass is 475 g/mol. The van der Waals surface area contributed by atoms with E-state index in [0.29, 0.717) is 33.2 Å². The fraction of sp³-hybridized carbons (Fsp3) is 0.192. The predicted octanol–water partition coefficient (Wildman–Crippen LogP) is 4.37. The van der Waals surface area contributed by atoms with E-state index in [9.17, 15) is 9.59 Å². The molecule has 0 aliphatic carbocycles. The van der Waals surface area contributed by atoms with Gasteiger partial charge in [-0.05, 0) is 36.8 Å². The van der Waals surface area contributed by atoms with Crippen LogP contribution in [-0.4, -0.2) is 35.4 Å². The fourth-order valence-corrected chi connectivity index (χ4v) is 4.46. The molecule has 0 unspecified atom stereocenters. The number of para-hydroxylation sites is 1. The molecule has 0 aliphatic heterocycles. The number of nitrogens with one attached hydrogen (secondary N) is 1. The molecule has 0 aliphatic rings. The molecule has 4 aromatic rings.